The summed E-state index contributed by atoms with van der Waals surface area (Å²) in [7, 11) is 0. The van der Waals surface area contributed by atoms with Crippen LogP contribution < -0.4 is 10.2 Å². The normalized spacial score (nSPS) is 13.5. The van der Waals surface area contributed by atoms with Crippen molar-refractivity contribution in [3.05, 3.63) is 35.6 Å². The van der Waals surface area contributed by atoms with E-state index in [1.165, 1.54) is 42.2 Å². The highest BCUT2D eigenvalue weighted by molar-refractivity contribution is 8.01. The number of nitrogens with zero attached hydrogens (tertiary/aromatic N) is 3. The Morgan fingerprint density at radius 3 is 2.68 bits per heavy atom. The van der Waals surface area contributed by atoms with E-state index < -0.39 is 0 Å². The van der Waals surface area contributed by atoms with Gasteiger partial charge in [-0.05, 0) is 30.5 Å². The van der Waals surface area contributed by atoms with Gasteiger partial charge in [-0.15, -0.1) is 10.2 Å². The summed E-state index contributed by atoms with van der Waals surface area (Å²) < 4.78 is 13.5. The second kappa shape index (κ2) is 7.92. The van der Waals surface area contributed by atoms with Crippen molar-refractivity contribution in [3.63, 3.8) is 0 Å². The Morgan fingerprint density at radius 2 is 2.04 bits per heavy atom. The summed E-state index contributed by atoms with van der Waals surface area (Å²) in [5.41, 5.74) is 0.833. The number of halogens is 1. The maximum Gasteiger partial charge on any atom is 0.230 e. The van der Waals surface area contributed by atoms with Gasteiger partial charge in [0.05, 0.1) is 5.75 Å². The first-order valence-corrected chi connectivity index (χ1v) is 9.60. The summed E-state index contributed by atoms with van der Waals surface area (Å²) in [5, 5.41) is 11.5. The largest absolute Gasteiger partial charge is 0.351 e. The molecule has 0 aliphatic heterocycles. The lowest BCUT2D eigenvalue weighted by molar-refractivity contribution is -0.119. The Hall–Kier alpha value is -2.00. The monoisotopic (exact) mass is 380 g/mol. The highest BCUT2D eigenvalue weighted by atomic mass is 32.2. The van der Waals surface area contributed by atoms with Crippen molar-refractivity contribution in [2.45, 2.75) is 36.7 Å². The molecule has 0 unspecified atom stereocenters. The molecule has 0 spiro atoms. The van der Waals surface area contributed by atoms with E-state index in [2.05, 4.69) is 15.5 Å². The summed E-state index contributed by atoms with van der Waals surface area (Å²) in [4.78, 5) is 25.3. The van der Waals surface area contributed by atoms with Crippen LogP contribution in [-0.4, -0.2) is 33.8 Å². The van der Waals surface area contributed by atoms with E-state index >= 15 is 0 Å². The number of nitrogens with one attached hydrogen (secondary N) is 1. The van der Waals surface area contributed by atoms with E-state index in [1.54, 1.807) is 17.0 Å². The predicted molar refractivity (Wildman–Crippen MR) is 95.1 cm³/mol. The summed E-state index contributed by atoms with van der Waals surface area (Å²) in [6, 6.07) is 6.23. The maximum absolute atomic E-state index is 12.8. The molecule has 2 amide bonds. The first-order chi connectivity index (χ1) is 12.0. The standard InChI is InChI=1S/C16H17FN4O2S2/c1-10(22)21(13-6-7-13)15-19-20-16(25-15)24-9-14(23)18-8-11-2-4-12(17)5-3-11/h2-5,13H,6-9H2,1H3,(H,18,23). The van der Waals surface area contributed by atoms with Crippen LogP contribution in [0.2, 0.25) is 0 Å². The van der Waals surface area contributed by atoms with Crippen LogP contribution in [0.4, 0.5) is 9.52 Å². The molecule has 1 heterocycles. The van der Waals surface area contributed by atoms with Crippen molar-refractivity contribution >= 4 is 40.0 Å². The van der Waals surface area contributed by atoms with Gasteiger partial charge >= 0.3 is 0 Å². The lowest BCUT2D eigenvalue weighted by Gasteiger charge is -2.15. The molecule has 1 aromatic carbocycles. The molecule has 9 heteroatoms. The molecular formula is C16H17FN4O2S2. The van der Waals surface area contributed by atoms with Crippen LogP contribution in [0.25, 0.3) is 0 Å². The SMILES string of the molecule is CC(=O)N(c1nnc(SCC(=O)NCc2ccc(F)cc2)s1)C1CC1. The molecule has 1 fully saturated rings. The third kappa shape index (κ3) is 4.99. The molecule has 0 radical (unpaired) electrons. The van der Waals surface area contributed by atoms with E-state index in [-0.39, 0.29) is 29.4 Å². The van der Waals surface area contributed by atoms with Gasteiger partial charge in [0.2, 0.25) is 16.9 Å². The van der Waals surface area contributed by atoms with Gasteiger partial charge in [-0.1, -0.05) is 35.2 Å². The lowest BCUT2D eigenvalue weighted by Crippen LogP contribution is -2.30. The zero-order valence-corrected chi connectivity index (χ0v) is 15.2. The van der Waals surface area contributed by atoms with Gasteiger partial charge in [0.1, 0.15) is 5.82 Å². The van der Waals surface area contributed by atoms with Crippen LogP contribution in [0.5, 0.6) is 0 Å². The molecule has 1 aliphatic carbocycles. The highest BCUT2D eigenvalue weighted by Gasteiger charge is 2.34. The van der Waals surface area contributed by atoms with Crippen molar-refractivity contribution in [2.75, 3.05) is 10.7 Å². The number of hydrogen-bond donors (Lipinski definition) is 1. The molecule has 0 saturated heterocycles. The minimum Gasteiger partial charge on any atom is -0.351 e. The van der Waals surface area contributed by atoms with Gasteiger partial charge in [0, 0.05) is 19.5 Å². The fraction of sp³-hybridized carbons (Fsp3) is 0.375. The number of carbonyl (C=O) groups excluding carboxylic acids is 2. The molecule has 0 atom stereocenters. The summed E-state index contributed by atoms with van der Waals surface area (Å²) in [6.45, 7) is 1.87. The third-order valence-electron chi connectivity index (χ3n) is 3.58. The van der Waals surface area contributed by atoms with E-state index in [9.17, 15) is 14.0 Å². The van der Waals surface area contributed by atoms with E-state index in [1.807, 2.05) is 0 Å². The van der Waals surface area contributed by atoms with Crippen LogP contribution in [-0.2, 0) is 16.1 Å². The van der Waals surface area contributed by atoms with E-state index in [4.69, 9.17) is 0 Å². The van der Waals surface area contributed by atoms with Gasteiger partial charge in [-0.25, -0.2) is 4.39 Å². The maximum atomic E-state index is 12.8. The number of rotatable bonds is 7. The minimum atomic E-state index is -0.302. The first-order valence-electron chi connectivity index (χ1n) is 7.80. The fourth-order valence-electron chi connectivity index (χ4n) is 2.22. The number of carbonyl (C=O) groups is 2. The van der Waals surface area contributed by atoms with Crippen LogP contribution in [0.3, 0.4) is 0 Å². The van der Waals surface area contributed by atoms with Crippen molar-refractivity contribution < 1.29 is 14.0 Å². The summed E-state index contributed by atoms with van der Waals surface area (Å²) in [5.74, 6) is -0.272. The number of anilines is 1. The van der Waals surface area contributed by atoms with E-state index in [0.717, 1.165) is 18.4 Å². The molecule has 132 valence electrons. The van der Waals surface area contributed by atoms with Crippen molar-refractivity contribution in [1.82, 2.24) is 15.5 Å². The number of aromatic nitrogens is 2. The van der Waals surface area contributed by atoms with Crippen LogP contribution >= 0.6 is 23.1 Å². The second-order valence-electron chi connectivity index (χ2n) is 5.66. The minimum absolute atomic E-state index is 0.0350. The molecule has 1 aromatic heterocycles. The zero-order valence-electron chi connectivity index (χ0n) is 13.6. The average molecular weight is 380 g/mol. The highest BCUT2D eigenvalue weighted by Crippen LogP contribution is 2.35. The van der Waals surface area contributed by atoms with Crippen LogP contribution in [0, 0.1) is 5.82 Å². The van der Waals surface area contributed by atoms with Gasteiger partial charge in [-0.3, -0.25) is 14.5 Å². The molecular weight excluding hydrogens is 363 g/mol. The van der Waals surface area contributed by atoms with Crippen molar-refractivity contribution in [1.29, 1.82) is 0 Å². The van der Waals surface area contributed by atoms with Gasteiger partial charge in [0.25, 0.3) is 0 Å². The molecule has 1 aliphatic rings. The van der Waals surface area contributed by atoms with Gasteiger partial charge in [0.15, 0.2) is 4.34 Å². The van der Waals surface area contributed by atoms with Crippen molar-refractivity contribution in [3.8, 4) is 0 Å². The molecule has 1 N–H and O–H groups in total. The Kier molecular flexibility index (Phi) is 5.64. The average Bonchev–Trinajstić information content (AvgIpc) is 3.30. The molecule has 25 heavy (non-hydrogen) atoms. The first kappa shape index (κ1) is 17.8. The molecule has 0 bridgehead atoms. The molecule has 1 saturated carbocycles. The van der Waals surface area contributed by atoms with Crippen LogP contribution in [0.1, 0.15) is 25.3 Å². The Morgan fingerprint density at radius 1 is 1.32 bits per heavy atom. The third-order valence-corrected chi connectivity index (χ3v) is 5.64. The lowest BCUT2D eigenvalue weighted by atomic mass is 10.2. The number of amides is 2. The second-order valence-corrected chi connectivity index (χ2v) is 7.84. The quantitative estimate of drug-likeness (QED) is 0.590. The summed E-state index contributed by atoms with van der Waals surface area (Å²) in [6.07, 6.45) is 1.99. The van der Waals surface area contributed by atoms with Gasteiger partial charge in [-0.2, -0.15) is 0 Å². The van der Waals surface area contributed by atoms with Gasteiger partial charge < -0.3 is 5.32 Å². The Bertz CT molecular complexity index is 762. The smallest absolute Gasteiger partial charge is 0.230 e. The van der Waals surface area contributed by atoms with Crippen molar-refractivity contribution in [2.24, 2.45) is 0 Å². The number of thioether (sulfide) groups is 1. The van der Waals surface area contributed by atoms with E-state index in [0.29, 0.717) is 16.0 Å². The number of benzene rings is 1. The molecule has 3 rings (SSSR count). The Labute approximate surface area is 152 Å². The number of hydrogen-bond acceptors (Lipinski definition) is 6. The topological polar surface area (TPSA) is 75.2 Å². The molecule has 6 nitrogen and oxygen atoms in total. The molecule has 2 aromatic rings. The fourth-order valence-corrected chi connectivity index (χ4v) is 4.01. The Balaban J connectivity index is 1.47. The summed E-state index contributed by atoms with van der Waals surface area (Å²) >= 11 is 2.60. The predicted octanol–water partition coefficient (Wildman–Crippen LogP) is 2.60. The van der Waals surface area contributed by atoms with Crippen LogP contribution in [0.15, 0.2) is 28.6 Å². The zero-order chi connectivity index (χ0) is 17.8.